The van der Waals surface area contributed by atoms with Gasteiger partial charge < -0.3 is 15.8 Å². The van der Waals surface area contributed by atoms with Crippen LogP contribution >= 0.6 is 0 Å². The van der Waals surface area contributed by atoms with Crippen molar-refractivity contribution in [3.63, 3.8) is 0 Å². The number of hydrogen-bond donors (Lipinski definition) is 2. The van der Waals surface area contributed by atoms with Crippen LogP contribution in [0.5, 0.6) is 0 Å². The summed E-state index contributed by atoms with van der Waals surface area (Å²) in [6.07, 6.45) is 3.63. The van der Waals surface area contributed by atoms with E-state index in [2.05, 4.69) is 39.6 Å². The molecule has 0 bridgehead atoms. The number of hydrogen-bond acceptors (Lipinski definition) is 3. The molecule has 1 aliphatic heterocycles. The molecule has 1 aromatic heterocycles. The monoisotopic (exact) mass is 310 g/mol. The fourth-order valence-corrected chi connectivity index (χ4v) is 2.94. The highest BCUT2D eigenvalue weighted by atomic mass is 16.5. The van der Waals surface area contributed by atoms with Crippen molar-refractivity contribution >= 4 is 11.8 Å². The summed E-state index contributed by atoms with van der Waals surface area (Å²) in [4.78, 5) is 8.78. The second-order valence-electron chi connectivity index (χ2n) is 5.80. The molecule has 2 heterocycles. The lowest BCUT2D eigenvalue weighted by atomic mass is 9.74. The van der Waals surface area contributed by atoms with Gasteiger partial charge in [-0.25, -0.2) is 4.98 Å². The van der Waals surface area contributed by atoms with Crippen molar-refractivity contribution in [2.45, 2.75) is 18.3 Å². The Morgan fingerprint density at radius 1 is 1.13 bits per heavy atom. The van der Waals surface area contributed by atoms with Crippen molar-refractivity contribution in [3.8, 4) is 0 Å². The highest BCUT2D eigenvalue weighted by Crippen LogP contribution is 2.35. The number of anilines is 1. The average molecular weight is 310 g/mol. The molecule has 120 valence electrons. The van der Waals surface area contributed by atoms with Gasteiger partial charge in [-0.3, -0.25) is 4.99 Å². The zero-order chi connectivity index (χ0) is 16.0. The van der Waals surface area contributed by atoms with Gasteiger partial charge in [-0.1, -0.05) is 36.4 Å². The third kappa shape index (κ3) is 3.87. The zero-order valence-corrected chi connectivity index (χ0v) is 13.1. The van der Waals surface area contributed by atoms with E-state index in [-0.39, 0.29) is 5.41 Å². The largest absolute Gasteiger partial charge is 0.381 e. The Hall–Kier alpha value is -2.40. The lowest BCUT2D eigenvalue weighted by Gasteiger charge is -2.36. The van der Waals surface area contributed by atoms with Crippen LogP contribution in [0.15, 0.2) is 59.7 Å². The van der Waals surface area contributed by atoms with Crippen molar-refractivity contribution in [3.05, 3.63) is 60.3 Å². The quantitative estimate of drug-likeness (QED) is 0.672. The lowest BCUT2D eigenvalue weighted by molar-refractivity contribution is 0.0531. The normalized spacial score (nSPS) is 17.7. The SMILES string of the molecule is NC(=NCC1(c2ccccc2)CCOCC1)Nc1ccccn1. The van der Waals surface area contributed by atoms with Gasteiger partial charge in [-0.15, -0.1) is 0 Å². The fourth-order valence-electron chi connectivity index (χ4n) is 2.94. The van der Waals surface area contributed by atoms with E-state index in [0.717, 1.165) is 26.1 Å². The van der Waals surface area contributed by atoms with Gasteiger partial charge in [0.1, 0.15) is 5.82 Å². The lowest BCUT2D eigenvalue weighted by Crippen LogP contribution is -2.38. The van der Waals surface area contributed by atoms with Crippen molar-refractivity contribution in [1.82, 2.24) is 4.98 Å². The van der Waals surface area contributed by atoms with Gasteiger partial charge in [0.05, 0.1) is 6.54 Å². The van der Waals surface area contributed by atoms with E-state index >= 15 is 0 Å². The number of nitrogens with one attached hydrogen (secondary N) is 1. The predicted octanol–water partition coefficient (Wildman–Crippen LogP) is 2.56. The van der Waals surface area contributed by atoms with E-state index in [9.17, 15) is 0 Å². The standard InChI is InChI=1S/C18H22N4O/c19-17(22-16-8-4-5-11-20-16)21-14-18(9-12-23-13-10-18)15-6-2-1-3-7-15/h1-8,11H,9-10,12-14H2,(H3,19,20,21,22). The van der Waals surface area contributed by atoms with Crippen molar-refractivity contribution in [2.75, 3.05) is 25.1 Å². The molecule has 0 aliphatic carbocycles. The third-order valence-electron chi connectivity index (χ3n) is 4.31. The minimum absolute atomic E-state index is 0.00404. The Bertz CT molecular complexity index is 637. The fraction of sp³-hybridized carbons (Fsp3) is 0.333. The number of pyridine rings is 1. The molecule has 0 unspecified atom stereocenters. The third-order valence-corrected chi connectivity index (χ3v) is 4.31. The van der Waals surface area contributed by atoms with E-state index < -0.39 is 0 Å². The first-order valence-corrected chi connectivity index (χ1v) is 7.90. The molecule has 3 N–H and O–H groups in total. The van der Waals surface area contributed by atoms with Crippen molar-refractivity contribution in [2.24, 2.45) is 10.7 Å². The summed E-state index contributed by atoms with van der Waals surface area (Å²) in [5.74, 6) is 1.10. The van der Waals surface area contributed by atoms with Gasteiger partial charge in [0, 0.05) is 24.8 Å². The molecule has 23 heavy (non-hydrogen) atoms. The number of benzene rings is 1. The summed E-state index contributed by atoms with van der Waals surface area (Å²) in [7, 11) is 0. The summed E-state index contributed by atoms with van der Waals surface area (Å²) in [5, 5.41) is 3.04. The minimum atomic E-state index is -0.00404. The number of guanidine groups is 1. The van der Waals surface area contributed by atoms with Gasteiger partial charge >= 0.3 is 0 Å². The summed E-state index contributed by atoms with van der Waals surface area (Å²) in [6.45, 7) is 2.17. The first-order chi connectivity index (χ1) is 11.3. The van der Waals surface area contributed by atoms with Crippen molar-refractivity contribution in [1.29, 1.82) is 0 Å². The summed E-state index contributed by atoms with van der Waals surface area (Å²) >= 11 is 0. The Morgan fingerprint density at radius 2 is 1.87 bits per heavy atom. The first kappa shape index (κ1) is 15.5. The van der Waals surface area contributed by atoms with Crippen LogP contribution in [0.1, 0.15) is 18.4 Å². The second kappa shape index (κ2) is 7.24. The first-order valence-electron chi connectivity index (χ1n) is 7.90. The number of nitrogens with two attached hydrogens (primary N) is 1. The van der Waals surface area contributed by atoms with Crippen LogP contribution in [0.3, 0.4) is 0 Å². The summed E-state index contributed by atoms with van der Waals surface area (Å²) in [5.41, 5.74) is 7.33. The predicted molar refractivity (Wildman–Crippen MR) is 92.5 cm³/mol. The number of aliphatic imine (C=N–C) groups is 1. The van der Waals surface area contributed by atoms with Gasteiger partial charge in [-0.05, 0) is 30.5 Å². The molecule has 0 spiro atoms. The van der Waals surface area contributed by atoms with Gasteiger partial charge in [-0.2, -0.15) is 0 Å². The van der Waals surface area contributed by atoms with E-state index in [1.54, 1.807) is 6.20 Å². The molecule has 0 radical (unpaired) electrons. The smallest absolute Gasteiger partial charge is 0.194 e. The van der Waals surface area contributed by atoms with Crippen LogP contribution < -0.4 is 11.1 Å². The number of nitrogens with zero attached hydrogens (tertiary/aromatic N) is 2. The molecule has 3 rings (SSSR count). The maximum atomic E-state index is 6.03. The molecule has 5 nitrogen and oxygen atoms in total. The molecule has 5 heteroatoms. The molecular weight excluding hydrogens is 288 g/mol. The molecule has 1 saturated heterocycles. The molecule has 2 aromatic rings. The van der Waals surface area contributed by atoms with Crippen LogP contribution in [-0.2, 0) is 10.2 Å². The molecular formula is C18H22N4O. The van der Waals surface area contributed by atoms with Crippen LogP contribution in [-0.4, -0.2) is 30.7 Å². The molecule has 1 aromatic carbocycles. The van der Waals surface area contributed by atoms with Crippen LogP contribution in [0, 0.1) is 0 Å². The van der Waals surface area contributed by atoms with Crippen LogP contribution in [0.4, 0.5) is 5.82 Å². The highest BCUT2D eigenvalue weighted by molar-refractivity contribution is 5.91. The number of rotatable bonds is 4. The van der Waals surface area contributed by atoms with Crippen molar-refractivity contribution < 1.29 is 4.74 Å². The average Bonchev–Trinajstić information content (AvgIpc) is 2.62. The minimum Gasteiger partial charge on any atom is -0.381 e. The molecule has 0 atom stereocenters. The molecule has 1 aliphatic rings. The summed E-state index contributed by atoms with van der Waals surface area (Å²) in [6, 6.07) is 16.2. The molecule has 0 saturated carbocycles. The second-order valence-corrected chi connectivity index (χ2v) is 5.80. The van der Waals surface area contributed by atoms with E-state index in [4.69, 9.17) is 10.5 Å². The van der Waals surface area contributed by atoms with Gasteiger partial charge in [0.2, 0.25) is 0 Å². The summed E-state index contributed by atoms with van der Waals surface area (Å²) < 4.78 is 5.54. The van der Waals surface area contributed by atoms with E-state index in [0.29, 0.717) is 18.3 Å². The Morgan fingerprint density at radius 3 is 2.57 bits per heavy atom. The number of aromatic nitrogens is 1. The van der Waals surface area contributed by atoms with Crippen LogP contribution in [0.25, 0.3) is 0 Å². The maximum absolute atomic E-state index is 6.03. The highest BCUT2D eigenvalue weighted by Gasteiger charge is 2.34. The molecule has 0 amide bonds. The Balaban J connectivity index is 1.75. The van der Waals surface area contributed by atoms with Gasteiger partial charge in [0.15, 0.2) is 5.96 Å². The molecule has 1 fully saturated rings. The Kier molecular flexibility index (Phi) is 4.88. The number of ether oxygens (including phenoxy) is 1. The topological polar surface area (TPSA) is 72.5 Å². The van der Waals surface area contributed by atoms with Gasteiger partial charge in [0.25, 0.3) is 0 Å². The van der Waals surface area contributed by atoms with E-state index in [1.165, 1.54) is 5.56 Å². The maximum Gasteiger partial charge on any atom is 0.194 e. The zero-order valence-electron chi connectivity index (χ0n) is 13.1. The Labute approximate surface area is 136 Å². The van der Waals surface area contributed by atoms with E-state index in [1.807, 2.05) is 24.3 Å². The van der Waals surface area contributed by atoms with Crippen LogP contribution in [0.2, 0.25) is 0 Å².